The van der Waals surface area contributed by atoms with Crippen LogP contribution < -0.4 is 11.1 Å². The minimum Gasteiger partial charge on any atom is -0.456 e. The second kappa shape index (κ2) is 9.24. The number of carbonyl (C=O) groups is 2. The van der Waals surface area contributed by atoms with Crippen LogP contribution in [0.5, 0.6) is 0 Å². The Morgan fingerprint density at radius 3 is 2.29 bits per heavy atom. The minimum absolute atomic E-state index is 0.268. The van der Waals surface area contributed by atoms with Crippen LogP contribution >= 0.6 is 0 Å². The second-order valence-electron chi connectivity index (χ2n) is 6.39. The molecule has 0 saturated carbocycles. The molecule has 0 aliphatic rings. The fourth-order valence-electron chi connectivity index (χ4n) is 1.82. The molecule has 0 spiro atoms. The number of carbonyl (C=O) groups excluding carboxylic acids is 2. The predicted molar refractivity (Wildman–Crippen MR) is 91.0 cm³/mol. The van der Waals surface area contributed by atoms with Crippen molar-refractivity contribution in [2.24, 2.45) is 11.1 Å². The minimum atomic E-state index is -0.661. The molecule has 0 bridgehead atoms. The normalized spacial score (nSPS) is 12.5. The van der Waals surface area contributed by atoms with Gasteiger partial charge in [0.2, 0.25) is 0 Å². The van der Waals surface area contributed by atoms with Crippen molar-refractivity contribution >= 4 is 17.7 Å². The van der Waals surface area contributed by atoms with Gasteiger partial charge in [-0.05, 0) is 24.3 Å². The number of amides is 2. The van der Waals surface area contributed by atoms with Crippen molar-refractivity contribution in [3.8, 4) is 0 Å². The third-order valence-corrected chi connectivity index (χ3v) is 3.30. The molecular weight excluding hydrogens is 312 g/mol. The Balaban J connectivity index is 2.68. The first-order valence-electron chi connectivity index (χ1n) is 7.68. The van der Waals surface area contributed by atoms with E-state index in [0.717, 1.165) is 0 Å². The van der Waals surface area contributed by atoms with Crippen LogP contribution in [0.3, 0.4) is 0 Å². The zero-order valence-electron chi connectivity index (χ0n) is 14.6. The number of ether oxygens (including phenoxy) is 3. The number of nitrogens with two attached hydrogens (primary N) is 1. The second-order valence-corrected chi connectivity index (χ2v) is 6.39. The summed E-state index contributed by atoms with van der Waals surface area (Å²) < 4.78 is 16.0. The number of primary amides is 1. The first-order valence-corrected chi connectivity index (χ1v) is 7.68. The Kier molecular flexibility index (Phi) is 7.67. The molecular formula is C17H26N2O5. The lowest BCUT2D eigenvalue weighted by Gasteiger charge is -2.30. The van der Waals surface area contributed by atoms with Gasteiger partial charge in [0.1, 0.15) is 6.10 Å². The molecule has 24 heavy (non-hydrogen) atoms. The summed E-state index contributed by atoms with van der Waals surface area (Å²) in [5.41, 5.74) is 5.67. The topological polar surface area (TPSA) is 99.9 Å². The van der Waals surface area contributed by atoms with Gasteiger partial charge in [-0.3, -0.25) is 0 Å². The van der Waals surface area contributed by atoms with Crippen LogP contribution in [0.15, 0.2) is 24.3 Å². The van der Waals surface area contributed by atoms with E-state index in [4.69, 9.17) is 19.9 Å². The monoisotopic (exact) mass is 338 g/mol. The van der Waals surface area contributed by atoms with Crippen LogP contribution in [-0.4, -0.2) is 45.0 Å². The average molecular weight is 338 g/mol. The zero-order valence-corrected chi connectivity index (χ0v) is 14.6. The number of nitrogens with one attached hydrogen (secondary N) is 1. The Labute approximate surface area is 142 Å². The fraction of sp³-hybridized carbons (Fsp3) is 0.529. The molecule has 0 aliphatic carbocycles. The predicted octanol–water partition coefficient (Wildman–Crippen LogP) is 2.41. The summed E-state index contributed by atoms with van der Waals surface area (Å²) in [4.78, 5) is 23.1. The van der Waals surface area contributed by atoms with E-state index in [0.29, 0.717) is 31.1 Å². The van der Waals surface area contributed by atoms with Crippen LogP contribution in [0.4, 0.5) is 10.5 Å². The number of methoxy groups -OCH3 is 1. The molecule has 0 aliphatic heterocycles. The first-order chi connectivity index (χ1) is 11.2. The summed E-state index contributed by atoms with van der Waals surface area (Å²) in [6.07, 6.45) is -0.398. The number of esters is 1. The third kappa shape index (κ3) is 6.97. The maximum Gasteiger partial charge on any atom is 0.338 e. The summed E-state index contributed by atoms with van der Waals surface area (Å²) in [5, 5.41) is 2.43. The van der Waals surface area contributed by atoms with E-state index in [1.807, 2.05) is 20.8 Å². The summed E-state index contributed by atoms with van der Waals surface area (Å²) in [6.45, 7) is 7.15. The molecule has 1 rings (SSSR count). The highest BCUT2D eigenvalue weighted by atomic mass is 16.6. The van der Waals surface area contributed by atoms with Gasteiger partial charge in [-0.1, -0.05) is 20.8 Å². The van der Waals surface area contributed by atoms with Gasteiger partial charge in [0.25, 0.3) is 0 Å². The van der Waals surface area contributed by atoms with E-state index in [1.165, 1.54) is 0 Å². The summed E-state index contributed by atoms with van der Waals surface area (Å²) >= 11 is 0. The molecule has 7 nitrogen and oxygen atoms in total. The first kappa shape index (κ1) is 19.9. The van der Waals surface area contributed by atoms with Gasteiger partial charge in [0.15, 0.2) is 0 Å². The maximum atomic E-state index is 12.3. The molecule has 1 aromatic carbocycles. The Morgan fingerprint density at radius 2 is 1.79 bits per heavy atom. The van der Waals surface area contributed by atoms with E-state index < -0.39 is 18.1 Å². The van der Waals surface area contributed by atoms with E-state index >= 15 is 0 Å². The third-order valence-electron chi connectivity index (χ3n) is 3.30. The molecule has 134 valence electrons. The molecule has 0 aromatic heterocycles. The highest BCUT2D eigenvalue weighted by molar-refractivity contribution is 5.91. The molecule has 0 saturated heterocycles. The maximum absolute atomic E-state index is 12.3. The lowest BCUT2D eigenvalue weighted by molar-refractivity contribution is -0.0511. The molecule has 1 aromatic rings. The number of benzene rings is 1. The van der Waals surface area contributed by atoms with Crippen molar-refractivity contribution in [2.45, 2.75) is 26.9 Å². The van der Waals surface area contributed by atoms with Gasteiger partial charge in [-0.2, -0.15) is 0 Å². The van der Waals surface area contributed by atoms with E-state index in [9.17, 15) is 9.59 Å². The lowest BCUT2D eigenvalue weighted by atomic mass is 9.89. The molecule has 1 atom stereocenters. The van der Waals surface area contributed by atoms with Crippen molar-refractivity contribution in [3.05, 3.63) is 29.8 Å². The fourth-order valence-corrected chi connectivity index (χ4v) is 1.82. The number of anilines is 1. The van der Waals surface area contributed by atoms with Crippen LogP contribution in [0.25, 0.3) is 0 Å². The lowest BCUT2D eigenvalue weighted by Crippen LogP contribution is -2.36. The van der Waals surface area contributed by atoms with Crippen LogP contribution in [-0.2, 0) is 14.2 Å². The van der Waals surface area contributed by atoms with E-state index in [1.54, 1.807) is 31.4 Å². The molecule has 7 heteroatoms. The quantitative estimate of drug-likeness (QED) is 0.560. The largest absolute Gasteiger partial charge is 0.456 e. The van der Waals surface area contributed by atoms with Gasteiger partial charge in [0, 0.05) is 18.2 Å². The zero-order chi connectivity index (χ0) is 18.2. The molecule has 1 unspecified atom stereocenters. The van der Waals surface area contributed by atoms with Gasteiger partial charge >= 0.3 is 12.0 Å². The summed E-state index contributed by atoms with van der Waals surface area (Å²) in [5.74, 6) is -0.448. The van der Waals surface area contributed by atoms with Crippen molar-refractivity contribution in [1.29, 1.82) is 0 Å². The number of hydrogen-bond acceptors (Lipinski definition) is 5. The number of rotatable bonds is 8. The van der Waals surface area contributed by atoms with Crippen molar-refractivity contribution in [3.63, 3.8) is 0 Å². The van der Waals surface area contributed by atoms with Crippen molar-refractivity contribution < 1.29 is 23.8 Å². The average Bonchev–Trinajstić information content (AvgIpc) is 2.49. The summed E-state index contributed by atoms with van der Waals surface area (Å²) in [6, 6.07) is 5.65. The molecule has 3 N–H and O–H groups in total. The Hall–Kier alpha value is -2.12. The van der Waals surface area contributed by atoms with Crippen molar-refractivity contribution in [1.82, 2.24) is 0 Å². The summed E-state index contributed by atoms with van der Waals surface area (Å²) in [7, 11) is 1.60. The number of urea groups is 1. The molecule has 0 radical (unpaired) electrons. The standard InChI is InChI=1S/C17H26N2O5/c1-17(2,3)14(11-23-10-9-22-4)24-15(20)12-5-7-13(8-6-12)19-16(18)21/h5-8,14H,9-11H2,1-4H3,(H3,18,19,21). The van der Waals surface area contributed by atoms with Crippen LogP contribution in [0.1, 0.15) is 31.1 Å². The van der Waals surface area contributed by atoms with Crippen LogP contribution in [0, 0.1) is 5.41 Å². The van der Waals surface area contributed by atoms with Gasteiger partial charge in [-0.15, -0.1) is 0 Å². The molecule has 0 fully saturated rings. The Bertz CT molecular complexity index is 537. The van der Waals surface area contributed by atoms with Crippen molar-refractivity contribution in [2.75, 3.05) is 32.2 Å². The SMILES string of the molecule is COCCOCC(OC(=O)c1ccc(NC(N)=O)cc1)C(C)(C)C. The van der Waals surface area contributed by atoms with Gasteiger partial charge in [0.05, 0.1) is 25.4 Å². The molecule has 0 heterocycles. The molecule has 2 amide bonds. The number of hydrogen-bond donors (Lipinski definition) is 2. The van der Waals surface area contributed by atoms with Gasteiger partial charge < -0.3 is 25.3 Å². The Morgan fingerprint density at radius 1 is 1.17 bits per heavy atom. The van der Waals surface area contributed by atoms with E-state index in [2.05, 4.69) is 5.32 Å². The smallest absolute Gasteiger partial charge is 0.338 e. The van der Waals surface area contributed by atoms with Gasteiger partial charge in [-0.25, -0.2) is 9.59 Å². The van der Waals surface area contributed by atoms with E-state index in [-0.39, 0.29) is 5.41 Å². The van der Waals surface area contributed by atoms with Crippen LogP contribution in [0.2, 0.25) is 0 Å². The highest BCUT2D eigenvalue weighted by Crippen LogP contribution is 2.24. The highest BCUT2D eigenvalue weighted by Gasteiger charge is 2.29.